The van der Waals surface area contributed by atoms with Crippen molar-refractivity contribution in [2.45, 2.75) is 73.0 Å². The Morgan fingerprint density at radius 1 is 0.968 bits per heavy atom. The number of hydrogen-bond acceptors (Lipinski definition) is 7. The number of carbonyl (C=O) groups excluding carboxylic acids is 1. The molecule has 0 atom stereocenters. The normalized spacial score (nSPS) is 12.3. The number of aromatic nitrogens is 3. The number of ether oxygens (including phenoxy) is 3. The van der Waals surface area contributed by atoms with Crippen molar-refractivity contribution in [3.8, 4) is 0 Å². The average molecular weight is 442 g/mol. The molecular weight excluding hydrogens is 398 g/mol. The number of aryl methyl sites for hydroxylation is 1. The molecule has 0 aliphatic heterocycles. The number of rotatable bonds is 16. The van der Waals surface area contributed by atoms with Gasteiger partial charge in [0.05, 0.1) is 38.7 Å². The summed E-state index contributed by atoms with van der Waals surface area (Å²) in [6.07, 6.45) is 3.36. The lowest BCUT2D eigenvalue weighted by atomic mass is 9.92. The second kappa shape index (κ2) is 14.5. The van der Waals surface area contributed by atoms with Gasteiger partial charge in [0.15, 0.2) is 0 Å². The van der Waals surface area contributed by atoms with E-state index >= 15 is 0 Å². The van der Waals surface area contributed by atoms with Gasteiger partial charge in [-0.25, -0.2) is 0 Å². The van der Waals surface area contributed by atoms with Gasteiger partial charge >= 0.3 is 0 Å². The number of nitrogens with zero attached hydrogens (tertiary/aromatic N) is 3. The van der Waals surface area contributed by atoms with E-state index in [0.29, 0.717) is 59.2 Å². The van der Waals surface area contributed by atoms with E-state index in [0.717, 1.165) is 18.7 Å². The van der Waals surface area contributed by atoms with Gasteiger partial charge in [-0.15, -0.1) is 5.10 Å². The van der Waals surface area contributed by atoms with E-state index in [2.05, 4.69) is 41.7 Å². The average Bonchev–Trinajstić information content (AvgIpc) is 3.09. The molecule has 0 bridgehead atoms. The number of amides is 1. The molecule has 0 fully saturated rings. The standard InChI is InChI=1S/C22H43N5O4/c1-21(2,3)16-20(28)23-8-11-30-13-15-31-14-12-29-10-7-9-27-18-19(25-26-27)17-24-22(4,5)6/h18,24H,7-17H2,1-6H3,(H,23,28). The van der Waals surface area contributed by atoms with Crippen LogP contribution in [0.2, 0.25) is 0 Å². The molecule has 0 aliphatic carbocycles. The lowest BCUT2D eigenvalue weighted by molar-refractivity contribution is -0.123. The van der Waals surface area contributed by atoms with Gasteiger partial charge in [0, 0.05) is 44.4 Å². The maximum Gasteiger partial charge on any atom is 0.220 e. The Labute approximate surface area is 187 Å². The second-order valence-electron chi connectivity index (χ2n) is 9.85. The fourth-order valence-corrected chi connectivity index (χ4v) is 2.56. The Bertz CT molecular complexity index is 608. The van der Waals surface area contributed by atoms with Crippen LogP contribution in [0.3, 0.4) is 0 Å². The van der Waals surface area contributed by atoms with Crippen LogP contribution in [-0.2, 0) is 32.1 Å². The zero-order valence-electron chi connectivity index (χ0n) is 20.3. The molecule has 2 N–H and O–H groups in total. The SMILES string of the molecule is CC(C)(C)CC(=O)NCCOCCOCCOCCCn1cc(CNC(C)(C)C)nn1. The van der Waals surface area contributed by atoms with Crippen molar-refractivity contribution in [3.63, 3.8) is 0 Å². The van der Waals surface area contributed by atoms with E-state index in [1.807, 2.05) is 31.6 Å². The van der Waals surface area contributed by atoms with Crippen LogP contribution in [0.25, 0.3) is 0 Å². The van der Waals surface area contributed by atoms with Gasteiger partial charge in [-0.1, -0.05) is 26.0 Å². The van der Waals surface area contributed by atoms with Crippen LogP contribution in [0.5, 0.6) is 0 Å². The quantitative estimate of drug-likeness (QED) is 0.379. The van der Waals surface area contributed by atoms with E-state index in [4.69, 9.17) is 14.2 Å². The predicted octanol–water partition coefficient (Wildman–Crippen LogP) is 2.16. The molecular formula is C22H43N5O4. The van der Waals surface area contributed by atoms with Crippen molar-refractivity contribution in [2.75, 3.05) is 46.2 Å². The van der Waals surface area contributed by atoms with Crippen LogP contribution in [0.1, 0.15) is 60.1 Å². The third-order valence-corrected chi connectivity index (χ3v) is 4.07. The van der Waals surface area contributed by atoms with Gasteiger partial charge in [-0.2, -0.15) is 0 Å². The molecule has 1 rings (SSSR count). The minimum atomic E-state index is 0.00434. The maximum atomic E-state index is 11.7. The highest BCUT2D eigenvalue weighted by atomic mass is 16.5. The molecule has 0 aliphatic rings. The lowest BCUT2D eigenvalue weighted by Gasteiger charge is -2.19. The molecule has 9 heteroatoms. The summed E-state index contributed by atoms with van der Waals surface area (Å²) >= 11 is 0. The van der Waals surface area contributed by atoms with Gasteiger partial charge in [-0.3, -0.25) is 9.48 Å². The van der Waals surface area contributed by atoms with E-state index in [1.165, 1.54) is 0 Å². The topological polar surface area (TPSA) is 99.5 Å². The molecule has 0 aromatic carbocycles. The first-order chi connectivity index (χ1) is 14.6. The zero-order valence-corrected chi connectivity index (χ0v) is 20.3. The number of carbonyl (C=O) groups is 1. The van der Waals surface area contributed by atoms with E-state index in [1.54, 1.807) is 0 Å². The molecule has 1 heterocycles. The molecule has 180 valence electrons. The van der Waals surface area contributed by atoms with Crippen molar-refractivity contribution in [1.82, 2.24) is 25.6 Å². The van der Waals surface area contributed by atoms with Gasteiger partial charge in [0.1, 0.15) is 0 Å². The Kier molecular flexibility index (Phi) is 12.9. The summed E-state index contributed by atoms with van der Waals surface area (Å²) in [7, 11) is 0. The highest BCUT2D eigenvalue weighted by Gasteiger charge is 2.15. The summed E-state index contributed by atoms with van der Waals surface area (Å²) in [5.74, 6) is 0.0614. The predicted molar refractivity (Wildman–Crippen MR) is 121 cm³/mol. The second-order valence-corrected chi connectivity index (χ2v) is 9.85. The first-order valence-electron chi connectivity index (χ1n) is 11.2. The minimum Gasteiger partial charge on any atom is -0.379 e. The molecule has 31 heavy (non-hydrogen) atoms. The van der Waals surface area contributed by atoms with Crippen LogP contribution < -0.4 is 10.6 Å². The van der Waals surface area contributed by atoms with Crippen molar-refractivity contribution in [1.29, 1.82) is 0 Å². The largest absolute Gasteiger partial charge is 0.379 e. The third kappa shape index (κ3) is 16.8. The summed E-state index contributed by atoms with van der Waals surface area (Å²) in [6.45, 7) is 17.8. The number of nitrogens with one attached hydrogen (secondary N) is 2. The van der Waals surface area contributed by atoms with Crippen LogP contribution in [0.4, 0.5) is 0 Å². The van der Waals surface area contributed by atoms with Crippen molar-refractivity contribution in [2.24, 2.45) is 5.41 Å². The van der Waals surface area contributed by atoms with Crippen LogP contribution in [0, 0.1) is 5.41 Å². The van der Waals surface area contributed by atoms with E-state index in [-0.39, 0.29) is 16.9 Å². The first-order valence-corrected chi connectivity index (χ1v) is 11.2. The Hall–Kier alpha value is -1.55. The highest BCUT2D eigenvalue weighted by molar-refractivity contribution is 5.76. The summed E-state index contributed by atoms with van der Waals surface area (Å²) in [5, 5.41) is 14.6. The molecule has 0 saturated carbocycles. The maximum absolute atomic E-state index is 11.7. The van der Waals surface area contributed by atoms with Gasteiger partial charge in [0.2, 0.25) is 5.91 Å². The molecule has 0 saturated heterocycles. The van der Waals surface area contributed by atoms with Gasteiger partial charge < -0.3 is 24.8 Å². The van der Waals surface area contributed by atoms with Crippen LogP contribution in [-0.4, -0.2) is 72.6 Å². The Morgan fingerprint density at radius 3 is 2.19 bits per heavy atom. The molecule has 0 unspecified atom stereocenters. The lowest BCUT2D eigenvalue weighted by Crippen LogP contribution is -2.35. The summed E-state index contributed by atoms with van der Waals surface area (Å²) < 4.78 is 18.4. The zero-order chi connectivity index (χ0) is 23.2. The molecule has 1 aromatic heterocycles. The van der Waals surface area contributed by atoms with Gasteiger partial charge in [0.25, 0.3) is 0 Å². The van der Waals surface area contributed by atoms with E-state index < -0.39 is 0 Å². The van der Waals surface area contributed by atoms with Crippen LogP contribution in [0.15, 0.2) is 6.20 Å². The molecule has 1 aromatic rings. The van der Waals surface area contributed by atoms with Crippen molar-refractivity contribution < 1.29 is 19.0 Å². The molecule has 9 nitrogen and oxygen atoms in total. The monoisotopic (exact) mass is 441 g/mol. The summed E-state index contributed by atoms with van der Waals surface area (Å²) in [6, 6.07) is 0. The Balaban J connectivity index is 1.88. The fourth-order valence-electron chi connectivity index (χ4n) is 2.56. The third-order valence-electron chi connectivity index (χ3n) is 4.07. The molecule has 0 radical (unpaired) electrons. The van der Waals surface area contributed by atoms with Crippen LogP contribution >= 0.6 is 0 Å². The smallest absolute Gasteiger partial charge is 0.220 e. The molecule has 1 amide bonds. The molecule has 0 spiro atoms. The summed E-state index contributed by atoms with van der Waals surface area (Å²) in [4.78, 5) is 11.7. The van der Waals surface area contributed by atoms with Gasteiger partial charge in [-0.05, 0) is 32.6 Å². The number of hydrogen-bond donors (Lipinski definition) is 2. The Morgan fingerprint density at radius 2 is 1.58 bits per heavy atom. The minimum absolute atomic E-state index is 0.00434. The van der Waals surface area contributed by atoms with E-state index in [9.17, 15) is 4.79 Å². The fraction of sp³-hybridized carbons (Fsp3) is 0.864. The van der Waals surface area contributed by atoms with Crippen molar-refractivity contribution in [3.05, 3.63) is 11.9 Å². The first kappa shape index (κ1) is 27.5. The van der Waals surface area contributed by atoms with Crippen molar-refractivity contribution >= 4 is 5.91 Å². The summed E-state index contributed by atoms with van der Waals surface area (Å²) in [5.41, 5.74) is 1.01. The highest BCUT2D eigenvalue weighted by Crippen LogP contribution is 2.17.